The van der Waals surface area contributed by atoms with Crippen LogP contribution in [0.25, 0.3) is 0 Å². The van der Waals surface area contributed by atoms with Crippen molar-refractivity contribution in [2.24, 2.45) is 0 Å². The fourth-order valence-corrected chi connectivity index (χ4v) is 4.25. The van der Waals surface area contributed by atoms with Crippen LogP contribution in [-0.4, -0.2) is 13.6 Å². The van der Waals surface area contributed by atoms with E-state index in [1.54, 1.807) is 27.8 Å². The predicted octanol–water partition coefficient (Wildman–Crippen LogP) is 3.62. The third kappa shape index (κ3) is 1.73. The summed E-state index contributed by atoms with van der Waals surface area (Å²) in [6, 6.07) is 16.0. The summed E-state index contributed by atoms with van der Waals surface area (Å²) in [5.41, 5.74) is 7.97. The van der Waals surface area contributed by atoms with E-state index in [-0.39, 0.29) is 0 Å². The Morgan fingerprint density at radius 3 is 2.60 bits per heavy atom. The summed E-state index contributed by atoms with van der Waals surface area (Å²) in [5.74, 6) is 1.30. The molecule has 2 atom stereocenters. The van der Waals surface area contributed by atoms with E-state index in [2.05, 4.69) is 54.8 Å². The van der Waals surface area contributed by atoms with Gasteiger partial charge in [0.25, 0.3) is 0 Å². The molecule has 0 amide bonds. The molecule has 0 aliphatic heterocycles. The van der Waals surface area contributed by atoms with Crippen molar-refractivity contribution < 1.29 is 0 Å². The number of benzene rings is 2. The summed E-state index contributed by atoms with van der Waals surface area (Å²) in [5, 5.41) is 3.37. The molecule has 1 nitrogen and oxygen atoms in total. The smallest absolute Gasteiger partial charge is 0.0104 e. The number of hydrogen-bond acceptors (Lipinski definition) is 1. The van der Waals surface area contributed by atoms with Gasteiger partial charge in [-0.25, -0.2) is 0 Å². The summed E-state index contributed by atoms with van der Waals surface area (Å²) < 4.78 is 0. The molecule has 0 spiro atoms. The van der Waals surface area contributed by atoms with E-state index in [1.807, 2.05) is 0 Å². The topological polar surface area (TPSA) is 12.0 Å². The lowest BCUT2D eigenvalue weighted by Crippen LogP contribution is -2.15. The van der Waals surface area contributed by atoms with E-state index in [0.29, 0.717) is 11.8 Å². The molecule has 0 aromatic heterocycles. The van der Waals surface area contributed by atoms with Gasteiger partial charge in [0.2, 0.25) is 0 Å². The first-order chi connectivity index (χ1) is 9.88. The summed E-state index contributed by atoms with van der Waals surface area (Å²) in [6.45, 7) is 1.09. The molecule has 2 aromatic rings. The molecule has 1 heteroatoms. The van der Waals surface area contributed by atoms with E-state index in [1.165, 1.54) is 19.3 Å². The van der Waals surface area contributed by atoms with Crippen molar-refractivity contribution >= 4 is 0 Å². The van der Waals surface area contributed by atoms with Gasteiger partial charge < -0.3 is 5.32 Å². The predicted molar refractivity (Wildman–Crippen MR) is 83.4 cm³/mol. The van der Waals surface area contributed by atoms with Crippen LogP contribution in [-0.2, 0) is 12.8 Å². The van der Waals surface area contributed by atoms with Gasteiger partial charge >= 0.3 is 0 Å². The monoisotopic (exact) mass is 263 g/mol. The van der Waals surface area contributed by atoms with Crippen molar-refractivity contribution in [3.63, 3.8) is 0 Å². The minimum absolute atomic E-state index is 0.623. The van der Waals surface area contributed by atoms with Crippen LogP contribution in [0.4, 0.5) is 0 Å². The molecular formula is C19H21N. The summed E-state index contributed by atoms with van der Waals surface area (Å²) >= 11 is 0. The zero-order chi connectivity index (χ0) is 13.5. The zero-order valence-corrected chi connectivity index (χ0v) is 12.0. The molecule has 0 radical (unpaired) electrons. The van der Waals surface area contributed by atoms with Crippen molar-refractivity contribution in [2.45, 2.75) is 31.1 Å². The molecule has 2 aliphatic carbocycles. The molecule has 2 unspecified atom stereocenters. The Morgan fingerprint density at radius 1 is 0.950 bits per heavy atom. The minimum Gasteiger partial charge on any atom is -0.319 e. The van der Waals surface area contributed by atoms with Crippen LogP contribution in [0, 0.1) is 0 Å². The molecule has 0 fully saturated rings. The maximum absolute atomic E-state index is 3.37. The van der Waals surface area contributed by atoms with Gasteiger partial charge in [-0.1, -0.05) is 42.5 Å². The molecular weight excluding hydrogens is 242 g/mol. The molecule has 0 saturated carbocycles. The molecule has 4 rings (SSSR count). The van der Waals surface area contributed by atoms with Crippen LogP contribution < -0.4 is 5.32 Å². The highest BCUT2D eigenvalue weighted by Gasteiger charge is 2.35. The van der Waals surface area contributed by atoms with Crippen molar-refractivity contribution in [2.75, 3.05) is 13.6 Å². The number of aryl methyl sites for hydroxylation is 2. The molecule has 20 heavy (non-hydrogen) atoms. The zero-order valence-electron chi connectivity index (χ0n) is 12.0. The minimum atomic E-state index is 0.623. The Hall–Kier alpha value is -1.60. The van der Waals surface area contributed by atoms with Crippen LogP contribution >= 0.6 is 0 Å². The van der Waals surface area contributed by atoms with Gasteiger partial charge in [-0.15, -0.1) is 0 Å². The number of nitrogens with one attached hydrogen (secondary N) is 1. The van der Waals surface area contributed by atoms with Crippen LogP contribution in [0.3, 0.4) is 0 Å². The van der Waals surface area contributed by atoms with Gasteiger partial charge in [0, 0.05) is 12.5 Å². The molecule has 0 heterocycles. The number of rotatable bonds is 2. The highest BCUT2D eigenvalue weighted by molar-refractivity contribution is 5.53. The molecule has 102 valence electrons. The first-order valence-electron chi connectivity index (χ1n) is 7.72. The van der Waals surface area contributed by atoms with E-state index in [4.69, 9.17) is 0 Å². The second kappa shape index (κ2) is 4.75. The first-order valence-corrected chi connectivity index (χ1v) is 7.72. The lowest BCUT2D eigenvalue weighted by molar-refractivity contribution is 0.596. The fourth-order valence-electron chi connectivity index (χ4n) is 4.25. The quantitative estimate of drug-likeness (QED) is 0.872. The standard InChI is InChI=1S/C19H21N/c1-20-12-15-11-18-16-7-3-2-5-13(16)9-10-14-6-4-8-17(15)19(14)18/h2-8,15,18,20H,9-12H2,1H3. The Kier molecular flexibility index (Phi) is 2.89. The van der Waals surface area contributed by atoms with Crippen molar-refractivity contribution in [3.8, 4) is 0 Å². The fraction of sp³-hybridized carbons (Fsp3) is 0.368. The van der Waals surface area contributed by atoms with Crippen molar-refractivity contribution in [1.82, 2.24) is 5.32 Å². The van der Waals surface area contributed by atoms with Crippen molar-refractivity contribution in [1.29, 1.82) is 0 Å². The first kappa shape index (κ1) is 12.2. The molecule has 1 N–H and O–H groups in total. The van der Waals surface area contributed by atoms with Crippen LogP contribution in [0.2, 0.25) is 0 Å². The highest BCUT2D eigenvalue weighted by Crippen LogP contribution is 2.48. The third-order valence-electron chi connectivity index (χ3n) is 5.08. The van der Waals surface area contributed by atoms with Gasteiger partial charge in [-0.05, 0) is 60.0 Å². The number of likely N-dealkylation sites (N-methyl/N-ethyl adjacent to an activating group) is 1. The van der Waals surface area contributed by atoms with E-state index in [0.717, 1.165) is 6.54 Å². The molecule has 0 saturated heterocycles. The van der Waals surface area contributed by atoms with Crippen molar-refractivity contribution in [3.05, 3.63) is 70.3 Å². The Bertz CT molecular complexity index is 644. The third-order valence-corrected chi connectivity index (χ3v) is 5.08. The highest BCUT2D eigenvalue weighted by atomic mass is 14.8. The molecule has 2 aromatic carbocycles. The van der Waals surface area contributed by atoms with Gasteiger partial charge in [0.15, 0.2) is 0 Å². The second-order valence-electron chi connectivity index (χ2n) is 6.16. The Morgan fingerprint density at radius 2 is 1.70 bits per heavy atom. The Labute approximate surface area is 121 Å². The molecule has 0 bridgehead atoms. The van der Waals surface area contributed by atoms with Gasteiger partial charge in [-0.2, -0.15) is 0 Å². The van der Waals surface area contributed by atoms with Gasteiger partial charge in [0.1, 0.15) is 0 Å². The average molecular weight is 263 g/mol. The second-order valence-corrected chi connectivity index (χ2v) is 6.16. The normalized spacial score (nSPS) is 23.1. The molecule has 2 aliphatic rings. The van der Waals surface area contributed by atoms with E-state index < -0.39 is 0 Å². The maximum atomic E-state index is 3.37. The summed E-state index contributed by atoms with van der Waals surface area (Å²) in [6.07, 6.45) is 3.66. The SMILES string of the molecule is CNCC1CC2c3ccccc3CCc3cccc1c32. The maximum Gasteiger partial charge on any atom is 0.0104 e. The van der Waals surface area contributed by atoms with E-state index in [9.17, 15) is 0 Å². The Balaban J connectivity index is 1.89. The van der Waals surface area contributed by atoms with Gasteiger partial charge in [0.05, 0.1) is 0 Å². The van der Waals surface area contributed by atoms with Gasteiger partial charge in [-0.3, -0.25) is 0 Å². The van der Waals surface area contributed by atoms with Crippen LogP contribution in [0.5, 0.6) is 0 Å². The number of hydrogen-bond donors (Lipinski definition) is 1. The van der Waals surface area contributed by atoms with E-state index >= 15 is 0 Å². The summed E-state index contributed by atoms with van der Waals surface area (Å²) in [4.78, 5) is 0. The summed E-state index contributed by atoms with van der Waals surface area (Å²) in [7, 11) is 2.07. The lowest BCUT2D eigenvalue weighted by Gasteiger charge is -2.15. The number of fused-ring (bicyclic) bond motifs is 2. The van der Waals surface area contributed by atoms with Crippen LogP contribution in [0.15, 0.2) is 42.5 Å². The lowest BCUT2D eigenvalue weighted by atomic mass is 9.89. The van der Waals surface area contributed by atoms with Crippen LogP contribution in [0.1, 0.15) is 46.1 Å². The average Bonchev–Trinajstić information content (AvgIpc) is 2.77. The largest absolute Gasteiger partial charge is 0.319 e.